The summed E-state index contributed by atoms with van der Waals surface area (Å²) in [7, 11) is 3.05. The number of fused-ring (bicyclic) bond motifs is 1. The predicted molar refractivity (Wildman–Crippen MR) is 105 cm³/mol. The zero-order valence-corrected chi connectivity index (χ0v) is 15.4. The number of carbonyl (C=O) groups is 2. The van der Waals surface area contributed by atoms with Crippen molar-refractivity contribution in [1.29, 1.82) is 0 Å². The van der Waals surface area contributed by atoms with Crippen LogP contribution in [0, 0.1) is 0 Å². The van der Waals surface area contributed by atoms with Crippen LogP contribution in [0.15, 0.2) is 63.8 Å². The van der Waals surface area contributed by atoms with E-state index in [1.165, 1.54) is 19.3 Å². The van der Waals surface area contributed by atoms with Crippen molar-refractivity contribution >= 4 is 28.6 Å². The second-order valence-electron chi connectivity index (χ2n) is 5.99. The van der Waals surface area contributed by atoms with E-state index in [2.05, 4.69) is 0 Å². The maximum atomic E-state index is 12.4. The molecule has 0 radical (unpaired) electrons. The van der Waals surface area contributed by atoms with Crippen molar-refractivity contribution in [3.05, 3.63) is 76.2 Å². The Bertz CT molecular complexity index is 1110. The number of Topliss-reactive ketones (excluding diaryl/α,β-unsaturated/α-hetero) is 1. The first kappa shape index (κ1) is 19.1. The topological polar surface area (TPSA) is 82.8 Å². The maximum absolute atomic E-state index is 12.4. The smallest absolute Gasteiger partial charge is 0.347 e. The van der Waals surface area contributed by atoms with Gasteiger partial charge in [0.2, 0.25) is 0 Å². The minimum atomic E-state index is -0.780. The third-order valence-corrected chi connectivity index (χ3v) is 4.17. The largest absolute Gasteiger partial charge is 0.497 e. The van der Waals surface area contributed by atoms with Crippen molar-refractivity contribution < 1.29 is 23.5 Å². The zero-order valence-electron chi connectivity index (χ0n) is 15.4. The molecule has 0 N–H and O–H groups in total. The first-order valence-corrected chi connectivity index (χ1v) is 8.51. The van der Waals surface area contributed by atoms with Gasteiger partial charge in [0.25, 0.3) is 0 Å². The molecule has 0 bridgehead atoms. The summed E-state index contributed by atoms with van der Waals surface area (Å²) in [5, 5.41) is 0.495. The lowest BCUT2D eigenvalue weighted by molar-refractivity contribution is -0.113. The van der Waals surface area contributed by atoms with Gasteiger partial charge in [-0.1, -0.05) is 24.3 Å². The van der Waals surface area contributed by atoms with E-state index in [1.54, 1.807) is 55.7 Å². The molecule has 142 valence electrons. The van der Waals surface area contributed by atoms with E-state index in [1.807, 2.05) is 0 Å². The number of ether oxygens (including phenoxy) is 2. The highest BCUT2D eigenvalue weighted by Gasteiger charge is 2.17. The molecule has 0 aliphatic heterocycles. The number of rotatable bonds is 7. The molecule has 0 amide bonds. The fourth-order valence-electron chi connectivity index (χ4n) is 2.70. The molecule has 2 aromatic carbocycles. The standard InChI is InChI=1S/C22H18O6/c1-26-16-10-7-14(8-11-16)6-9-15(23)12-19(24)17-13-18-20(27-2)4-3-5-21(18)28-22(17)25/h3-11,13H,12H2,1-2H3/b9-6+. The Balaban J connectivity index is 1.78. The van der Waals surface area contributed by atoms with Gasteiger partial charge in [-0.2, -0.15) is 0 Å². The van der Waals surface area contributed by atoms with E-state index in [9.17, 15) is 14.4 Å². The van der Waals surface area contributed by atoms with Gasteiger partial charge < -0.3 is 13.9 Å². The first-order chi connectivity index (χ1) is 13.5. The number of methoxy groups -OCH3 is 2. The molecule has 1 heterocycles. The Kier molecular flexibility index (Phi) is 5.69. The van der Waals surface area contributed by atoms with E-state index in [0.717, 1.165) is 5.56 Å². The molecule has 28 heavy (non-hydrogen) atoms. The molecule has 0 unspecified atom stereocenters. The minimum absolute atomic E-state index is 0.178. The molecule has 0 saturated carbocycles. The summed E-state index contributed by atoms with van der Waals surface area (Å²) >= 11 is 0. The summed E-state index contributed by atoms with van der Waals surface area (Å²) in [5.41, 5.74) is 0.143. The lowest BCUT2D eigenvalue weighted by Gasteiger charge is -2.05. The van der Waals surface area contributed by atoms with Gasteiger partial charge in [0.05, 0.1) is 26.0 Å². The zero-order chi connectivity index (χ0) is 20.1. The Labute approximate surface area is 161 Å². The number of benzene rings is 2. The van der Waals surface area contributed by atoms with Crippen LogP contribution < -0.4 is 15.1 Å². The van der Waals surface area contributed by atoms with Crippen LogP contribution in [-0.4, -0.2) is 25.8 Å². The summed E-state index contributed by atoms with van der Waals surface area (Å²) in [4.78, 5) is 36.7. The molecular weight excluding hydrogens is 360 g/mol. The van der Waals surface area contributed by atoms with Gasteiger partial charge in [0.15, 0.2) is 11.6 Å². The van der Waals surface area contributed by atoms with Gasteiger partial charge in [0.1, 0.15) is 22.6 Å². The van der Waals surface area contributed by atoms with E-state index >= 15 is 0 Å². The molecular formula is C22H18O6. The highest BCUT2D eigenvalue weighted by molar-refractivity contribution is 6.12. The Morgan fingerprint density at radius 1 is 1.04 bits per heavy atom. The summed E-state index contributed by atoms with van der Waals surface area (Å²) in [5.74, 6) is 0.157. The SMILES string of the molecule is COc1ccc(/C=C/C(=O)CC(=O)c2cc3c(OC)cccc3oc2=O)cc1. The number of hydrogen-bond acceptors (Lipinski definition) is 6. The van der Waals surface area contributed by atoms with Crippen LogP contribution >= 0.6 is 0 Å². The van der Waals surface area contributed by atoms with Crippen molar-refractivity contribution in [2.75, 3.05) is 14.2 Å². The predicted octanol–water partition coefficient (Wildman–Crippen LogP) is 3.67. The van der Waals surface area contributed by atoms with Crippen LogP contribution in [0.25, 0.3) is 17.0 Å². The fourth-order valence-corrected chi connectivity index (χ4v) is 2.70. The van der Waals surface area contributed by atoms with E-state index in [-0.39, 0.29) is 5.56 Å². The molecule has 0 spiro atoms. The van der Waals surface area contributed by atoms with Crippen LogP contribution in [0.3, 0.4) is 0 Å². The molecule has 3 rings (SSSR count). The Hall–Kier alpha value is -3.67. The second-order valence-corrected chi connectivity index (χ2v) is 5.99. The van der Waals surface area contributed by atoms with Gasteiger partial charge in [-0.25, -0.2) is 4.79 Å². The van der Waals surface area contributed by atoms with Gasteiger partial charge >= 0.3 is 5.63 Å². The lowest BCUT2D eigenvalue weighted by Crippen LogP contribution is -2.16. The van der Waals surface area contributed by atoms with Gasteiger partial charge in [0, 0.05) is 0 Å². The molecule has 3 aromatic rings. The average Bonchev–Trinajstić information content (AvgIpc) is 2.71. The van der Waals surface area contributed by atoms with Crippen LogP contribution in [0.2, 0.25) is 0 Å². The number of hydrogen-bond donors (Lipinski definition) is 0. The summed E-state index contributed by atoms with van der Waals surface area (Å²) < 4.78 is 15.5. The minimum Gasteiger partial charge on any atom is -0.497 e. The van der Waals surface area contributed by atoms with Crippen molar-refractivity contribution in [1.82, 2.24) is 0 Å². The average molecular weight is 378 g/mol. The highest BCUT2D eigenvalue weighted by atomic mass is 16.5. The summed E-state index contributed by atoms with van der Waals surface area (Å²) in [6, 6.07) is 13.5. The van der Waals surface area contributed by atoms with E-state index in [4.69, 9.17) is 13.9 Å². The molecule has 6 nitrogen and oxygen atoms in total. The van der Waals surface area contributed by atoms with Gasteiger partial charge in [-0.3, -0.25) is 9.59 Å². The van der Waals surface area contributed by atoms with Crippen LogP contribution in [0.4, 0.5) is 0 Å². The summed E-state index contributed by atoms with van der Waals surface area (Å²) in [6.07, 6.45) is 2.47. The molecule has 0 aliphatic carbocycles. The Morgan fingerprint density at radius 3 is 2.46 bits per heavy atom. The summed E-state index contributed by atoms with van der Waals surface area (Å²) in [6.45, 7) is 0. The normalized spacial score (nSPS) is 10.9. The van der Waals surface area contributed by atoms with Crippen molar-refractivity contribution in [3.8, 4) is 11.5 Å². The fraction of sp³-hybridized carbons (Fsp3) is 0.136. The Morgan fingerprint density at radius 2 is 1.79 bits per heavy atom. The quantitative estimate of drug-likeness (QED) is 0.270. The third-order valence-electron chi connectivity index (χ3n) is 4.17. The van der Waals surface area contributed by atoms with Crippen LogP contribution in [-0.2, 0) is 4.79 Å². The maximum Gasteiger partial charge on any atom is 0.347 e. The highest BCUT2D eigenvalue weighted by Crippen LogP contribution is 2.25. The second kappa shape index (κ2) is 8.35. The van der Waals surface area contributed by atoms with E-state index in [0.29, 0.717) is 22.5 Å². The monoisotopic (exact) mass is 378 g/mol. The van der Waals surface area contributed by atoms with Crippen LogP contribution in [0.5, 0.6) is 11.5 Å². The van der Waals surface area contributed by atoms with E-state index < -0.39 is 23.6 Å². The molecule has 0 atom stereocenters. The van der Waals surface area contributed by atoms with Gasteiger partial charge in [-0.05, 0) is 42.0 Å². The first-order valence-electron chi connectivity index (χ1n) is 8.51. The van der Waals surface area contributed by atoms with Crippen LogP contribution in [0.1, 0.15) is 22.3 Å². The molecule has 0 fully saturated rings. The lowest BCUT2D eigenvalue weighted by atomic mass is 10.0. The molecule has 6 heteroatoms. The van der Waals surface area contributed by atoms with Crippen molar-refractivity contribution in [3.63, 3.8) is 0 Å². The molecule has 0 saturated heterocycles. The third kappa shape index (κ3) is 4.17. The van der Waals surface area contributed by atoms with Gasteiger partial charge in [-0.15, -0.1) is 0 Å². The van der Waals surface area contributed by atoms with Crippen molar-refractivity contribution in [2.24, 2.45) is 0 Å². The number of carbonyl (C=O) groups excluding carboxylic acids is 2. The number of allylic oxidation sites excluding steroid dienone is 1. The molecule has 1 aromatic heterocycles. The molecule has 0 aliphatic rings. The number of ketones is 2. The van der Waals surface area contributed by atoms with Crippen molar-refractivity contribution in [2.45, 2.75) is 6.42 Å².